The number of nitrogens with zero attached hydrogens (tertiary/aromatic N) is 2. The maximum atomic E-state index is 14.3. The maximum Gasteiger partial charge on any atom is 0.510 e. The van der Waals surface area contributed by atoms with Crippen LogP contribution >= 0.6 is 0 Å². The van der Waals surface area contributed by atoms with Gasteiger partial charge in [0.05, 0.1) is 31.8 Å². The average Bonchev–Trinajstić information content (AvgIpc) is 3.52. The molecule has 3 saturated heterocycles. The summed E-state index contributed by atoms with van der Waals surface area (Å²) in [6.07, 6.45) is 7.47. The molecule has 1 spiro atoms. The lowest BCUT2D eigenvalue weighted by Crippen LogP contribution is -2.60. The van der Waals surface area contributed by atoms with E-state index < -0.39 is 24.5 Å². The van der Waals surface area contributed by atoms with Crippen molar-refractivity contribution in [2.75, 3.05) is 47.1 Å². The summed E-state index contributed by atoms with van der Waals surface area (Å²) in [5.74, 6) is -0.477. The molecule has 3 aliphatic heterocycles. The summed E-state index contributed by atoms with van der Waals surface area (Å²) < 4.78 is 24.4. The molecule has 2 atom stereocenters. The molecule has 0 amide bonds. The van der Waals surface area contributed by atoms with Gasteiger partial charge < -0.3 is 28.3 Å². The van der Waals surface area contributed by atoms with Crippen LogP contribution < -0.4 is 0 Å². The Labute approximate surface area is 244 Å². The second-order valence-corrected chi connectivity index (χ2v) is 12.1. The molecule has 8 heteroatoms. The maximum absolute atomic E-state index is 14.3. The van der Waals surface area contributed by atoms with Crippen molar-refractivity contribution in [1.29, 1.82) is 0 Å². The van der Waals surface area contributed by atoms with Gasteiger partial charge in [0.25, 0.3) is 0 Å². The van der Waals surface area contributed by atoms with Crippen LogP contribution in [-0.4, -0.2) is 86.8 Å². The van der Waals surface area contributed by atoms with Gasteiger partial charge in [-0.2, -0.15) is 0 Å². The lowest BCUT2D eigenvalue weighted by molar-refractivity contribution is -0.956. The van der Waals surface area contributed by atoms with Crippen molar-refractivity contribution >= 4 is 12.1 Å². The lowest BCUT2D eigenvalue weighted by atomic mass is 9.85. The predicted octanol–water partition coefficient (Wildman–Crippen LogP) is 5.25. The average molecular weight is 566 g/mol. The number of quaternary nitrogens is 1. The molecule has 0 aliphatic carbocycles. The van der Waals surface area contributed by atoms with Gasteiger partial charge in [0, 0.05) is 38.5 Å². The number of piperidine rings is 1. The number of esters is 1. The Morgan fingerprint density at radius 3 is 2.00 bits per heavy atom. The van der Waals surface area contributed by atoms with Crippen LogP contribution in [0.1, 0.15) is 62.5 Å². The molecule has 5 rings (SSSR count). The van der Waals surface area contributed by atoms with Crippen molar-refractivity contribution in [2.24, 2.45) is 0 Å². The van der Waals surface area contributed by atoms with E-state index in [0.717, 1.165) is 32.2 Å². The van der Waals surface area contributed by atoms with Gasteiger partial charge in [0.2, 0.25) is 5.60 Å². The number of carbonyl (C=O) groups is 2. The van der Waals surface area contributed by atoms with Gasteiger partial charge in [-0.15, -0.1) is 0 Å². The minimum Gasteiger partial charge on any atom is -0.459 e. The van der Waals surface area contributed by atoms with Crippen LogP contribution in [0.3, 0.4) is 0 Å². The van der Waals surface area contributed by atoms with E-state index in [2.05, 4.69) is 4.90 Å². The largest absolute Gasteiger partial charge is 0.510 e. The Bertz CT molecular complexity index is 1080. The minimum atomic E-state index is -1.59. The number of hydrogen-bond donors (Lipinski definition) is 0. The molecule has 0 saturated carbocycles. The van der Waals surface area contributed by atoms with Gasteiger partial charge >= 0.3 is 12.1 Å². The fourth-order valence-corrected chi connectivity index (χ4v) is 7.41. The summed E-state index contributed by atoms with van der Waals surface area (Å²) in [5.41, 5.74) is -0.345. The molecule has 2 aromatic rings. The fourth-order valence-electron chi connectivity index (χ4n) is 7.41. The zero-order valence-electron chi connectivity index (χ0n) is 24.5. The molecule has 3 fully saturated rings. The van der Waals surface area contributed by atoms with E-state index in [4.69, 9.17) is 18.9 Å². The summed E-state index contributed by atoms with van der Waals surface area (Å²) in [7, 11) is 4.01. The van der Waals surface area contributed by atoms with Gasteiger partial charge in [-0.3, -0.25) is 0 Å². The van der Waals surface area contributed by atoms with Crippen LogP contribution in [0, 0.1) is 0 Å². The van der Waals surface area contributed by atoms with Gasteiger partial charge in [-0.25, -0.2) is 9.59 Å². The fraction of sp³-hybridized carbons (Fsp3) is 0.576. The van der Waals surface area contributed by atoms with Crippen molar-refractivity contribution in [2.45, 2.75) is 75.2 Å². The summed E-state index contributed by atoms with van der Waals surface area (Å²) in [4.78, 5) is 28.7. The van der Waals surface area contributed by atoms with Crippen molar-refractivity contribution in [3.05, 3.63) is 71.8 Å². The zero-order chi connectivity index (χ0) is 28.7. The van der Waals surface area contributed by atoms with Crippen molar-refractivity contribution in [1.82, 2.24) is 4.90 Å². The molecule has 0 aromatic heterocycles. The highest BCUT2D eigenvalue weighted by atomic mass is 16.8. The topological polar surface area (TPSA) is 74.3 Å². The molecule has 2 aromatic carbocycles. The Kier molecular flexibility index (Phi) is 9.63. The second-order valence-electron chi connectivity index (χ2n) is 12.1. The van der Waals surface area contributed by atoms with E-state index in [9.17, 15) is 9.59 Å². The van der Waals surface area contributed by atoms with Gasteiger partial charge in [0.1, 0.15) is 6.10 Å². The van der Waals surface area contributed by atoms with E-state index in [1.165, 1.54) is 43.3 Å². The van der Waals surface area contributed by atoms with Crippen LogP contribution in [-0.2, 0) is 29.3 Å². The molecule has 2 unspecified atom stereocenters. The number of ether oxygens (including phenoxy) is 4. The third kappa shape index (κ3) is 6.45. The zero-order valence-corrected chi connectivity index (χ0v) is 24.5. The summed E-state index contributed by atoms with van der Waals surface area (Å²) in [5, 5.41) is 0. The SMILES string of the molecule is CN(C)CCCCOC(=O)OCOC(C(=O)OC1CC2CCC(C1)[N+]21CCCC1)(c1ccccc1)c1ccccc1. The van der Waals surface area contributed by atoms with E-state index in [-0.39, 0.29) is 12.7 Å². The van der Waals surface area contributed by atoms with E-state index in [1.54, 1.807) is 0 Å². The third-order valence-electron chi connectivity index (χ3n) is 9.35. The molecule has 3 heterocycles. The summed E-state index contributed by atoms with van der Waals surface area (Å²) in [6.45, 7) is 3.26. The van der Waals surface area contributed by atoms with Gasteiger partial charge in [-0.05, 0) is 44.6 Å². The molecule has 41 heavy (non-hydrogen) atoms. The highest BCUT2D eigenvalue weighted by Gasteiger charge is 2.57. The molecule has 0 N–H and O–H groups in total. The Hall–Kier alpha value is -2.94. The van der Waals surface area contributed by atoms with Crippen LogP contribution in [0.25, 0.3) is 0 Å². The normalized spacial score (nSPS) is 23.0. The van der Waals surface area contributed by atoms with Crippen LogP contribution in [0.4, 0.5) is 4.79 Å². The highest BCUT2D eigenvalue weighted by molar-refractivity contribution is 5.86. The first-order chi connectivity index (χ1) is 19.9. The molecule has 2 bridgehead atoms. The van der Waals surface area contributed by atoms with Crippen LogP contribution in [0.15, 0.2) is 60.7 Å². The molecule has 222 valence electrons. The van der Waals surface area contributed by atoms with Crippen molar-refractivity contribution in [3.63, 3.8) is 0 Å². The molecule has 8 nitrogen and oxygen atoms in total. The molecular formula is C33H45N2O6+. The molecular weight excluding hydrogens is 520 g/mol. The predicted molar refractivity (Wildman–Crippen MR) is 155 cm³/mol. The Morgan fingerprint density at radius 1 is 0.854 bits per heavy atom. The summed E-state index contributed by atoms with van der Waals surface area (Å²) >= 11 is 0. The summed E-state index contributed by atoms with van der Waals surface area (Å²) in [6, 6.07) is 19.8. The van der Waals surface area contributed by atoms with Gasteiger partial charge in [0.15, 0.2) is 6.79 Å². The third-order valence-corrected chi connectivity index (χ3v) is 9.35. The number of carbonyl (C=O) groups excluding carboxylic acids is 2. The van der Waals surface area contributed by atoms with E-state index >= 15 is 0 Å². The quantitative estimate of drug-likeness (QED) is 0.151. The Balaban J connectivity index is 1.31. The second kappa shape index (κ2) is 13.4. The number of rotatable bonds is 12. The minimum absolute atomic E-state index is 0.159. The first-order valence-electron chi connectivity index (χ1n) is 15.2. The number of unbranched alkanes of at least 4 members (excludes halogenated alkanes) is 1. The monoisotopic (exact) mass is 565 g/mol. The molecule has 3 aliphatic rings. The van der Waals surface area contributed by atoms with Crippen LogP contribution in [0.5, 0.6) is 0 Å². The number of benzene rings is 2. The highest BCUT2D eigenvalue weighted by Crippen LogP contribution is 2.47. The lowest BCUT2D eigenvalue weighted by Gasteiger charge is -2.47. The standard InChI is InChI=1S/C33H45N2O6/c1-34(2)19-9-12-22-38-32(37)39-25-40-33(26-13-5-3-6-14-26,27-15-7-4-8-16-27)31(36)41-30-23-28-17-18-29(24-30)35(28)20-10-11-21-35/h3-8,13-16,28-30H,9-12,17-25H2,1-2H3/q+1. The van der Waals surface area contributed by atoms with E-state index in [0.29, 0.717) is 23.2 Å². The first-order valence-corrected chi connectivity index (χ1v) is 15.2. The Morgan fingerprint density at radius 2 is 1.44 bits per heavy atom. The molecule has 0 radical (unpaired) electrons. The van der Waals surface area contributed by atoms with Crippen LogP contribution in [0.2, 0.25) is 0 Å². The van der Waals surface area contributed by atoms with Crippen molar-refractivity contribution in [3.8, 4) is 0 Å². The van der Waals surface area contributed by atoms with Gasteiger partial charge in [-0.1, -0.05) is 60.7 Å². The van der Waals surface area contributed by atoms with E-state index in [1.807, 2.05) is 74.8 Å². The number of hydrogen-bond acceptors (Lipinski definition) is 7. The van der Waals surface area contributed by atoms with Crippen molar-refractivity contribution < 1.29 is 33.0 Å². The first kappa shape index (κ1) is 29.5. The smallest absolute Gasteiger partial charge is 0.459 e.